The van der Waals surface area contributed by atoms with E-state index in [1.165, 1.54) is 29.7 Å². The number of imidazole rings is 2. The Balaban J connectivity index is 0.000000488. The smallest absolute Gasteiger partial charge is 0.421 e. The van der Waals surface area contributed by atoms with Gasteiger partial charge in [-0.25, -0.2) is 35.1 Å². The second-order valence-corrected chi connectivity index (χ2v) is 15.4. The summed E-state index contributed by atoms with van der Waals surface area (Å²) in [7, 11) is -1.82. The van der Waals surface area contributed by atoms with E-state index in [0.29, 0.717) is 25.6 Å². The van der Waals surface area contributed by atoms with Crippen molar-refractivity contribution in [1.29, 1.82) is 0 Å². The maximum atomic E-state index is 9.47. The SMILES string of the molecule is COc1ccc(N=Nc2n(Cc3ccc(Cn4cc[n+](C)c4N=Nc4ccc(N5CCCC5)cc4)cc3)cc[n+]2C)cc1.CS(=O)(=O)O[O-].CS(=O)(=O)O[O-]. The Morgan fingerprint density at radius 2 is 1.02 bits per heavy atom. The number of benzene rings is 3. The summed E-state index contributed by atoms with van der Waals surface area (Å²) in [6.45, 7) is 3.65. The third kappa shape index (κ3) is 13.8. The first-order chi connectivity index (χ1) is 26.2. The van der Waals surface area contributed by atoms with Crippen LogP contribution < -0.4 is 29.3 Å². The molecule has 3 aromatic carbocycles. The zero-order valence-corrected chi connectivity index (χ0v) is 32.6. The summed E-state index contributed by atoms with van der Waals surface area (Å²) >= 11 is 0. The number of nitrogens with zero attached hydrogens (tertiary/aromatic N) is 9. The Kier molecular flexibility index (Phi) is 15.3. The first-order valence-corrected chi connectivity index (χ1v) is 20.3. The molecular formula is C35H43N9O9S2. The molecule has 5 aromatic rings. The van der Waals surface area contributed by atoms with E-state index in [1.807, 2.05) is 84.4 Å². The second-order valence-electron chi connectivity index (χ2n) is 12.3. The van der Waals surface area contributed by atoms with Crippen LogP contribution in [-0.4, -0.2) is 58.7 Å². The molecule has 0 spiro atoms. The summed E-state index contributed by atoms with van der Waals surface area (Å²) in [5, 5.41) is 35.8. The van der Waals surface area contributed by atoms with E-state index in [-0.39, 0.29) is 0 Å². The number of aryl methyl sites for hydroxylation is 2. The molecule has 18 nitrogen and oxygen atoms in total. The molecule has 0 radical (unpaired) electrons. The molecule has 1 aliphatic rings. The van der Waals surface area contributed by atoms with Gasteiger partial charge in [-0.15, -0.1) is 0 Å². The number of hydrogen-bond donors (Lipinski definition) is 0. The van der Waals surface area contributed by atoms with Crippen LogP contribution in [0.25, 0.3) is 0 Å². The van der Waals surface area contributed by atoms with Crippen LogP contribution in [0.3, 0.4) is 0 Å². The van der Waals surface area contributed by atoms with Gasteiger partial charge in [-0.05, 0) is 72.5 Å². The van der Waals surface area contributed by atoms with Gasteiger partial charge in [-0.1, -0.05) is 34.5 Å². The minimum Gasteiger partial charge on any atom is -0.707 e. The van der Waals surface area contributed by atoms with Crippen molar-refractivity contribution in [3.8, 4) is 5.75 Å². The highest BCUT2D eigenvalue weighted by atomic mass is 32.2. The topological polar surface area (TPSA) is 212 Å². The minimum atomic E-state index is -3.72. The van der Waals surface area contributed by atoms with E-state index in [0.717, 1.165) is 42.1 Å². The summed E-state index contributed by atoms with van der Waals surface area (Å²) < 4.78 is 56.6. The number of ether oxygens (including phenoxy) is 1. The summed E-state index contributed by atoms with van der Waals surface area (Å²) in [4.78, 5) is 2.42. The van der Waals surface area contributed by atoms with Gasteiger partial charge in [-0.3, -0.25) is 0 Å². The van der Waals surface area contributed by atoms with Gasteiger partial charge in [0.2, 0.25) is 0 Å². The molecule has 1 fully saturated rings. The lowest BCUT2D eigenvalue weighted by atomic mass is 10.1. The molecule has 6 rings (SSSR count). The lowest BCUT2D eigenvalue weighted by Crippen LogP contribution is -2.25. The number of rotatable bonds is 12. The highest BCUT2D eigenvalue weighted by Gasteiger charge is 2.17. The summed E-state index contributed by atoms with van der Waals surface area (Å²) in [6.07, 6.45) is 12.0. The predicted molar refractivity (Wildman–Crippen MR) is 197 cm³/mol. The van der Waals surface area contributed by atoms with E-state index >= 15 is 0 Å². The first-order valence-electron chi connectivity index (χ1n) is 16.7. The fourth-order valence-electron chi connectivity index (χ4n) is 5.24. The number of methoxy groups -OCH3 is 1. The van der Waals surface area contributed by atoms with Crippen molar-refractivity contribution in [3.63, 3.8) is 0 Å². The predicted octanol–water partition coefficient (Wildman–Crippen LogP) is 2.95. The molecular weight excluding hydrogens is 755 g/mol. The Morgan fingerprint density at radius 1 is 0.636 bits per heavy atom. The fourth-order valence-corrected chi connectivity index (χ4v) is 5.24. The maximum absolute atomic E-state index is 9.47. The third-order valence-corrected chi connectivity index (χ3v) is 8.46. The molecule has 0 atom stereocenters. The molecule has 55 heavy (non-hydrogen) atoms. The van der Waals surface area contributed by atoms with E-state index in [2.05, 4.69) is 79.6 Å². The maximum Gasteiger partial charge on any atom is 0.421 e. The Labute approximate surface area is 319 Å². The molecule has 0 amide bonds. The van der Waals surface area contributed by atoms with Gasteiger partial charge in [-0.2, -0.15) is 0 Å². The van der Waals surface area contributed by atoms with Crippen LogP contribution in [0.1, 0.15) is 24.0 Å². The fraction of sp³-hybridized carbons (Fsp3) is 0.314. The summed E-state index contributed by atoms with van der Waals surface area (Å²) in [5.41, 5.74) is 5.24. The van der Waals surface area contributed by atoms with Crippen LogP contribution in [0.5, 0.6) is 5.75 Å². The van der Waals surface area contributed by atoms with Crippen molar-refractivity contribution in [2.45, 2.75) is 25.9 Å². The lowest BCUT2D eigenvalue weighted by Gasteiger charge is -2.16. The highest BCUT2D eigenvalue weighted by molar-refractivity contribution is 7.86. The molecule has 0 bridgehead atoms. The van der Waals surface area contributed by atoms with Crippen LogP contribution in [-0.2, 0) is 56.1 Å². The van der Waals surface area contributed by atoms with Crippen molar-refractivity contribution < 1.29 is 49.9 Å². The molecule has 1 saturated heterocycles. The van der Waals surface area contributed by atoms with E-state index in [4.69, 9.17) is 15.3 Å². The van der Waals surface area contributed by atoms with Crippen molar-refractivity contribution >= 4 is 49.2 Å². The zero-order chi connectivity index (χ0) is 40.0. The van der Waals surface area contributed by atoms with Gasteiger partial charge in [0.1, 0.15) is 17.1 Å². The molecule has 0 unspecified atom stereocenters. The quantitative estimate of drug-likeness (QED) is 0.0779. The number of azo groups is 2. The molecule has 294 valence electrons. The van der Waals surface area contributed by atoms with Gasteiger partial charge >= 0.3 is 11.9 Å². The van der Waals surface area contributed by atoms with Gasteiger partial charge in [0, 0.05) is 29.0 Å². The number of aromatic nitrogens is 4. The van der Waals surface area contributed by atoms with Gasteiger partial charge in [0.15, 0.2) is 0 Å². The van der Waals surface area contributed by atoms with Crippen molar-refractivity contribution in [2.24, 2.45) is 34.6 Å². The third-order valence-electron chi connectivity index (χ3n) is 7.96. The van der Waals surface area contributed by atoms with Crippen LogP contribution in [0.15, 0.2) is 118 Å². The molecule has 20 heteroatoms. The average molecular weight is 798 g/mol. The van der Waals surface area contributed by atoms with Crippen LogP contribution in [0.2, 0.25) is 0 Å². The van der Waals surface area contributed by atoms with E-state index in [9.17, 15) is 16.8 Å². The molecule has 3 heterocycles. The first kappa shape index (κ1) is 42.4. The number of hydrogen-bond acceptors (Lipinski definition) is 14. The van der Waals surface area contributed by atoms with Gasteiger partial charge in [0.05, 0.1) is 71.6 Å². The van der Waals surface area contributed by atoms with Crippen molar-refractivity contribution in [2.75, 3.05) is 37.6 Å². The Morgan fingerprint density at radius 3 is 1.38 bits per heavy atom. The van der Waals surface area contributed by atoms with Crippen molar-refractivity contribution in [1.82, 2.24) is 9.13 Å². The summed E-state index contributed by atoms with van der Waals surface area (Å²) in [6, 6.07) is 24.5. The Bertz CT molecular complexity index is 2220. The highest BCUT2D eigenvalue weighted by Crippen LogP contribution is 2.25. The van der Waals surface area contributed by atoms with Crippen LogP contribution in [0.4, 0.5) is 29.0 Å². The normalized spacial score (nSPS) is 13.1. The average Bonchev–Trinajstić information content (AvgIpc) is 3.92. The largest absolute Gasteiger partial charge is 0.707 e. The van der Waals surface area contributed by atoms with Crippen molar-refractivity contribution in [3.05, 3.63) is 109 Å². The van der Waals surface area contributed by atoms with E-state index in [1.54, 1.807) is 7.11 Å². The monoisotopic (exact) mass is 797 g/mol. The molecule has 1 aliphatic heterocycles. The standard InChI is InChI=1S/C33H37N9O.2CH4O4S/c1-38-20-22-41(32(38)36-34-28-10-14-30(15-11-28)40-18-4-5-19-40)24-26-6-8-27(9-7-26)25-42-23-21-39(2)33(42)37-35-29-12-16-31(43-3)17-13-29;2*1-6(3,4)5-2/h6-17,20-23H,4-5,18-19,24-25H2,1-3H3;2*2H,1H3/q+2;;/p-2. The molecule has 0 saturated carbocycles. The zero-order valence-electron chi connectivity index (χ0n) is 31.0. The van der Waals surface area contributed by atoms with Gasteiger partial charge in [0.25, 0.3) is 20.2 Å². The van der Waals surface area contributed by atoms with Gasteiger partial charge < -0.3 is 28.8 Å². The van der Waals surface area contributed by atoms with Crippen LogP contribution >= 0.6 is 0 Å². The van der Waals surface area contributed by atoms with E-state index < -0.39 is 20.2 Å². The molecule has 0 N–H and O–H groups in total. The number of anilines is 1. The molecule has 2 aromatic heterocycles. The molecule has 0 aliphatic carbocycles. The Hall–Kier alpha value is -5.38. The second kappa shape index (κ2) is 19.8. The summed E-state index contributed by atoms with van der Waals surface area (Å²) in [5.74, 6) is 2.35. The van der Waals surface area contributed by atoms with Crippen LogP contribution in [0, 0.1) is 0 Å². The lowest BCUT2D eigenvalue weighted by molar-refractivity contribution is -0.657. The minimum absolute atomic E-state index is 0.681.